The van der Waals surface area contributed by atoms with E-state index in [1.54, 1.807) is 24.3 Å². The van der Waals surface area contributed by atoms with Crippen molar-refractivity contribution in [1.82, 2.24) is 0 Å². The fourth-order valence-electron chi connectivity index (χ4n) is 2.49. The number of benzene rings is 2. The largest absolute Gasteiger partial charge is 0.496 e. The molecule has 0 aliphatic rings. The number of anilines is 1. The third-order valence-electron chi connectivity index (χ3n) is 3.84. The van der Waals surface area contributed by atoms with Crippen LogP contribution < -0.4 is 19.5 Å². The third kappa shape index (κ3) is 4.09. The SMILES string of the molecule is COc1cccc(C)c1CC(=O)C(=O)Nc1c(OC)cccc1OC. The maximum atomic E-state index is 12.4. The van der Waals surface area contributed by atoms with Gasteiger partial charge in [-0.05, 0) is 30.7 Å². The number of hydrogen-bond donors (Lipinski definition) is 1. The van der Waals surface area contributed by atoms with Crippen molar-refractivity contribution in [1.29, 1.82) is 0 Å². The molecule has 25 heavy (non-hydrogen) atoms. The molecule has 6 nitrogen and oxygen atoms in total. The van der Waals surface area contributed by atoms with Crippen LogP contribution in [-0.4, -0.2) is 33.0 Å². The predicted molar refractivity (Wildman–Crippen MR) is 94.6 cm³/mol. The molecule has 2 aromatic carbocycles. The number of carbonyl (C=O) groups is 2. The summed E-state index contributed by atoms with van der Waals surface area (Å²) in [6.45, 7) is 1.87. The Hall–Kier alpha value is -3.02. The second-order valence-electron chi connectivity index (χ2n) is 5.35. The zero-order valence-corrected chi connectivity index (χ0v) is 14.7. The van der Waals surface area contributed by atoms with Gasteiger partial charge in [0.2, 0.25) is 5.78 Å². The Kier molecular flexibility index (Phi) is 6.00. The Labute approximate surface area is 146 Å². The minimum absolute atomic E-state index is 0.0564. The van der Waals surface area contributed by atoms with E-state index in [4.69, 9.17) is 14.2 Å². The van der Waals surface area contributed by atoms with Crippen molar-refractivity contribution < 1.29 is 23.8 Å². The summed E-state index contributed by atoms with van der Waals surface area (Å²) >= 11 is 0. The van der Waals surface area contributed by atoms with Crippen LogP contribution in [0.3, 0.4) is 0 Å². The Morgan fingerprint density at radius 1 is 0.880 bits per heavy atom. The molecule has 6 heteroatoms. The molecule has 0 saturated carbocycles. The fourth-order valence-corrected chi connectivity index (χ4v) is 2.49. The number of aryl methyl sites for hydroxylation is 1. The summed E-state index contributed by atoms with van der Waals surface area (Å²) in [6.07, 6.45) is -0.0564. The summed E-state index contributed by atoms with van der Waals surface area (Å²) in [5.74, 6) is 0.0765. The number of hydrogen-bond acceptors (Lipinski definition) is 5. The minimum atomic E-state index is -0.742. The van der Waals surface area contributed by atoms with Crippen molar-refractivity contribution in [3.63, 3.8) is 0 Å². The molecule has 2 rings (SSSR count). The van der Waals surface area contributed by atoms with Crippen LogP contribution in [0.1, 0.15) is 11.1 Å². The van der Waals surface area contributed by atoms with Gasteiger partial charge in [-0.25, -0.2) is 0 Å². The summed E-state index contributed by atoms with van der Waals surface area (Å²) in [7, 11) is 4.48. The van der Waals surface area contributed by atoms with Gasteiger partial charge in [0.25, 0.3) is 5.91 Å². The average Bonchev–Trinajstić information content (AvgIpc) is 2.63. The second-order valence-corrected chi connectivity index (χ2v) is 5.35. The van der Waals surface area contributed by atoms with E-state index in [0.29, 0.717) is 28.5 Å². The third-order valence-corrected chi connectivity index (χ3v) is 3.84. The van der Waals surface area contributed by atoms with Crippen LogP contribution in [0.25, 0.3) is 0 Å². The first-order valence-electron chi connectivity index (χ1n) is 7.69. The summed E-state index contributed by atoms with van der Waals surface area (Å²) in [5, 5.41) is 2.58. The van der Waals surface area contributed by atoms with Gasteiger partial charge in [0, 0.05) is 12.0 Å². The van der Waals surface area contributed by atoms with Crippen LogP contribution in [0.4, 0.5) is 5.69 Å². The van der Waals surface area contributed by atoms with Gasteiger partial charge in [0.15, 0.2) is 0 Å². The zero-order valence-electron chi connectivity index (χ0n) is 14.7. The highest BCUT2D eigenvalue weighted by molar-refractivity contribution is 6.41. The number of para-hydroxylation sites is 1. The van der Waals surface area contributed by atoms with E-state index in [-0.39, 0.29) is 6.42 Å². The molecule has 0 atom stereocenters. The Morgan fingerprint density at radius 2 is 1.40 bits per heavy atom. The molecule has 0 aliphatic carbocycles. The molecular formula is C19H21NO5. The molecule has 1 N–H and O–H groups in total. The lowest BCUT2D eigenvalue weighted by Crippen LogP contribution is -2.25. The van der Waals surface area contributed by atoms with Crippen molar-refractivity contribution in [2.45, 2.75) is 13.3 Å². The van der Waals surface area contributed by atoms with Gasteiger partial charge < -0.3 is 19.5 Å². The van der Waals surface area contributed by atoms with Crippen molar-refractivity contribution in [2.24, 2.45) is 0 Å². The number of methoxy groups -OCH3 is 3. The number of nitrogens with one attached hydrogen (secondary N) is 1. The number of rotatable bonds is 7. The summed E-state index contributed by atoms with van der Waals surface area (Å²) in [4.78, 5) is 24.7. The summed E-state index contributed by atoms with van der Waals surface area (Å²) in [5.41, 5.74) is 1.90. The summed E-state index contributed by atoms with van der Waals surface area (Å²) < 4.78 is 15.7. The minimum Gasteiger partial charge on any atom is -0.496 e. The maximum absolute atomic E-state index is 12.4. The number of ether oxygens (including phenoxy) is 3. The zero-order chi connectivity index (χ0) is 18.4. The van der Waals surface area contributed by atoms with Gasteiger partial charge in [0.05, 0.1) is 21.3 Å². The van der Waals surface area contributed by atoms with E-state index >= 15 is 0 Å². The molecule has 1 amide bonds. The maximum Gasteiger partial charge on any atom is 0.292 e. The second kappa shape index (κ2) is 8.19. The molecule has 0 radical (unpaired) electrons. The summed E-state index contributed by atoms with van der Waals surface area (Å²) in [6, 6.07) is 10.5. The molecular weight excluding hydrogens is 322 g/mol. The molecule has 132 valence electrons. The molecule has 0 aliphatic heterocycles. The number of ketones is 1. The number of Topliss-reactive ketones (excluding diaryl/α,β-unsaturated/α-hetero) is 1. The number of carbonyl (C=O) groups excluding carboxylic acids is 2. The van der Waals surface area contributed by atoms with E-state index in [1.807, 2.05) is 19.1 Å². The van der Waals surface area contributed by atoms with Crippen molar-refractivity contribution in [3.8, 4) is 17.2 Å². The Balaban J connectivity index is 2.22. The van der Waals surface area contributed by atoms with Gasteiger partial charge in [-0.15, -0.1) is 0 Å². The van der Waals surface area contributed by atoms with Crippen LogP contribution in [0.2, 0.25) is 0 Å². The first-order chi connectivity index (χ1) is 12.0. The molecule has 0 unspecified atom stereocenters. The molecule has 2 aromatic rings. The molecule has 0 spiro atoms. The highest BCUT2D eigenvalue weighted by Crippen LogP contribution is 2.34. The average molecular weight is 343 g/mol. The highest BCUT2D eigenvalue weighted by Gasteiger charge is 2.21. The van der Waals surface area contributed by atoms with Gasteiger partial charge >= 0.3 is 0 Å². The lowest BCUT2D eigenvalue weighted by Gasteiger charge is -2.14. The lowest BCUT2D eigenvalue weighted by atomic mass is 10.0. The van der Waals surface area contributed by atoms with Crippen LogP contribution in [0.15, 0.2) is 36.4 Å². The van der Waals surface area contributed by atoms with E-state index in [0.717, 1.165) is 5.56 Å². The van der Waals surface area contributed by atoms with E-state index in [1.165, 1.54) is 21.3 Å². The number of amides is 1. The van der Waals surface area contributed by atoms with Crippen molar-refractivity contribution >= 4 is 17.4 Å². The van der Waals surface area contributed by atoms with Crippen LogP contribution in [0, 0.1) is 6.92 Å². The molecule has 0 saturated heterocycles. The van der Waals surface area contributed by atoms with Crippen LogP contribution >= 0.6 is 0 Å². The van der Waals surface area contributed by atoms with Gasteiger partial charge in [0.1, 0.15) is 22.9 Å². The van der Waals surface area contributed by atoms with Crippen LogP contribution in [0.5, 0.6) is 17.2 Å². The van der Waals surface area contributed by atoms with Gasteiger partial charge in [-0.1, -0.05) is 18.2 Å². The Bertz CT molecular complexity index is 763. The predicted octanol–water partition coefficient (Wildman–Crippen LogP) is 2.77. The monoisotopic (exact) mass is 343 g/mol. The van der Waals surface area contributed by atoms with Crippen LogP contribution in [-0.2, 0) is 16.0 Å². The van der Waals surface area contributed by atoms with E-state index < -0.39 is 11.7 Å². The Morgan fingerprint density at radius 3 is 1.96 bits per heavy atom. The van der Waals surface area contributed by atoms with Crippen molar-refractivity contribution in [3.05, 3.63) is 47.5 Å². The molecule has 0 heterocycles. The molecule has 0 aromatic heterocycles. The first-order valence-corrected chi connectivity index (χ1v) is 7.69. The van der Waals surface area contributed by atoms with Crippen molar-refractivity contribution in [2.75, 3.05) is 26.6 Å². The quantitative estimate of drug-likeness (QED) is 0.783. The fraction of sp³-hybridized carbons (Fsp3) is 0.263. The van der Waals surface area contributed by atoms with E-state index in [2.05, 4.69) is 5.32 Å². The first kappa shape index (κ1) is 18.3. The van der Waals surface area contributed by atoms with E-state index in [9.17, 15) is 9.59 Å². The topological polar surface area (TPSA) is 73.9 Å². The highest BCUT2D eigenvalue weighted by atomic mass is 16.5. The normalized spacial score (nSPS) is 10.1. The molecule has 0 bridgehead atoms. The van der Waals surface area contributed by atoms with Gasteiger partial charge in [-0.3, -0.25) is 9.59 Å². The lowest BCUT2D eigenvalue weighted by molar-refractivity contribution is -0.134. The standard InChI is InChI=1S/C19H21NO5/c1-12-7-5-8-15(23-2)13(12)11-14(21)19(22)20-18-16(24-3)9-6-10-17(18)25-4/h5-10H,11H2,1-4H3,(H,20,22). The van der Waals surface area contributed by atoms with Gasteiger partial charge in [-0.2, -0.15) is 0 Å². The smallest absolute Gasteiger partial charge is 0.292 e. The molecule has 0 fully saturated rings.